The third-order valence-electron chi connectivity index (χ3n) is 6.23. The normalized spacial score (nSPS) is 18.1. The summed E-state index contributed by atoms with van der Waals surface area (Å²) in [6.45, 7) is 2.38. The van der Waals surface area contributed by atoms with Crippen LogP contribution in [-0.4, -0.2) is 31.7 Å². The van der Waals surface area contributed by atoms with Gasteiger partial charge in [-0.25, -0.2) is 12.8 Å². The quantitative estimate of drug-likeness (QED) is 0.796. The van der Waals surface area contributed by atoms with Gasteiger partial charge in [-0.15, -0.1) is 0 Å². The summed E-state index contributed by atoms with van der Waals surface area (Å²) in [4.78, 5) is 13.0. The molecule has 0 unspecified atom stereocenters. The summed E-state index contributed by atoms with van der Waals surface area (Å²) in [6, 6.07) is 9.75. The van der Waals surface area contributed by atoms with Crippen LogP contribution in [0.1, 0.15) is 42.4 Å². The van der Waals surface area contributed by atoms with Gasteiger partial charge in [-0.1, -0.05) is 6.07 Å². The molecule has 1 heterocycles. The van der Waals surface area contributed by atoms with Gasteiger partial charge in [0.1, 0.15) is 5.82 Å². The minimum Gasteiger partial charge on any atom is -0.326 e. The van der Waals surface area contributed by atoms with Crippen LogP contribution in [0.25, 0.3) is 0 Å². The fourth-order valence-electron chi connectivity index (χ4n) is 4.38. The van der Waals surface area contributed by atoms with E-state index in [-0.39, 0.29) is 17.6 Å². The number of amides is 1. The maximum atomic E-state index is 13.3. The molecular weight excluding hydrogens is 403 g/mol. The van der Waals surface area contributed by atoms with E-state index in [2.05, 4.69) is 5.32 Å². The number of nitrogens with zero attached hydrogens (tertiary/aromatic N) is 1. The number of hydrogen-bond donors (Lipinski definition) is 1. The largest absolute Gasteiger partial charge is 0.326 e. The highest BCUT2D eigenvalue weighted by Crippen LogP contribution is 2.29. The van der Waals surface area contributed by atoms with Gasteiger partial charge in [0, 0.05) is 24.7 Å². The number of rotatable bonds is 4. The maximum absolute atomic E-state index is 13.3. The molecule has 160 valence electrons. The Kier molecular flexibility index (Phi) is 5.93. The highest BCUT2D eigenvalue weighted by molar-refractivity contribution is 7.89. The molecular formula is C23H27FN2O3S. The number of benzene rings is 2. The van der Waals surface area contributed by atoms with E-state index in [9.17, 15) is 17.6 Å². The SMILES string of the molecule is Cc1cc(F)ccc1NC(=O)C1CCN(S(=O)(=O)c2ccc3c(c2)CCCC3)CC1. The van der Waals surface area contributed by atoms with E-state index in [1.807, 2.05) is 12.1 Å². The van der Waals surface area contributed by atoms with Crippen LogP contribution in [0.3, 0.4) is 0 Å². The monoisotopic (exact) mass is 430 g/mol. The molecule has 0 aromatic heterocycles. The average molecular weight is 431 g/mol. The Morgan fingerprint density at radius 1 is 1.03 bits per heavy atom. The number of sulfonamides is 1. The first kappa shape index (κ1) is 21.0. The lowest BCUT2D eigenvalue weighted by molar-refractivity contribution is -0.120. The van der Waals surface area contributed by atoms with Crippen molar-refractivity contribution in [2.45, 2.75) is 50.3 Å². The van der Waals surface area contributed by atoms with Crippen LogP contribution in [0.2, 0.25) is 0 Å². The van der Waals surface area contributed by atoms with Gasteiger partial charge in [0.15, 0.2) is 0 Å². The molecule has 0 spiro atoms. The topological polar surface area (TPSA) is 66.5 Å². The molecule has 1 fully saturated rings. The number of anilines is 1. The average Bonchev–Trinajstić information content (AvgIpc) is 2.75. The fraction of sp³-hybridized carbons (Fsp3) is 0.435. The molecule has 7 heteroatoms. The van der Waals surface area contributed by atoms with Gasteiger partial charge in [0.2, 0.25) is 15.9 Å². The van der Waals surface area contributed by atoms with Gasteiger partial charge in [-0.2, -0.15) is 4.31 Å². The molecule has 1 N–H and O–H groups in total. The van der Waals surface area contributed by atoms with Gasteiger partial charge < -0.3 is 5.32 Å². The van der Waals surface area contributed by atoms with Crippen LogP contribution < -0.4 is 5.32 Å². The molecule has 5 nitrogen and oxygen atoms in total. The molecule has 1 saturated heterocycles. The summed E-state index contributed by atoms with van der Waals surface area (Å²) in [7, 11) is -3.56. The number of fused-ring (bicyclic) bond motifs is 1. The Hall–Kier alpha value is -2.25. The summed E-state index contributed by atoms with van der Waals surface area (Å²) in [6.07, 6.45) is 5.15. The summed E-state index contributed by atoms with van der Waals surface area (Å²) < 4.78 is 41.0. The van der Waals surface area contributed by atoms with Crippen molar-refractivity contribution in [2.75, 3.05) is 18.4 Å². The minimum atomic E-state index is -3.56. The second-order valence-corrected chi connectivity index (χ2v) is 10.2. The van der Waals surface area contributed by atoms with Crippen LogP contribution in [-0.2, 0) is 27.7 Å². The first-order chi connectivity index (χ1) is 14.3. The lowest BCUT2D eigenvalue weighted by atomic mass is 9.92. The second kappa shape index (κ2) is 8.47. The third kappa shape index (κ3) is 4.27. The van der Waals surface area contributed by atoms with Gasteiger partial charge in [0.25, 0.3) is 0 Å². The Morgan fingerprint density at radius 3 is 2.43 bits per heavy atom. The van der Waals surface area contributed by atoms with Crippen molar-refractivity contribution in [1.29, 1.82) is 0 Å². The van der Waals surface area contributed by atoms with E-state index in [4.69, 9.17) is 0 Å². The lowest BCUT2D eigenvalue weighted by Crippen LogP contribution is -2.41. The van der Waals surface area contributed by atoms with Gasteiger partial charge >= 0.3 is 0 Å². The minimum absolute atomic E-state index is 0.143. The summed E-state index contributed by atoms with van der Waals surface area (Å²) in [5.41, 5.74) is 3.65. The molecule has 0 radical (unpaired) electrons. The molecule has 0 bridgehead atoms. The second-order valence-electron chi connectivity index (χ2n) is 8.26. The van der Waals surface area contributed by atoms with E-state index in [1.54, 1.807) is 19.1 Å². The standard InChI is InChI=1S/C23H27FN2O3S/c1-16-14-20(24)7-9-22(16)25-23(27)18-10-12-26(13-11-18)30(28,29)21-8-6-17-4-2-3-5-19(17)15-21/h6-9,14-15,18H,2-5,10-13H2,1H3,(H,25,27). The molecule has 1 aliphatic heterocycles. The molecule has 1 amide bonds. The molecule has 0 saturated carbocycles. The third-order valence-corrected chi connectivity index (χ3v) is 8.12. The van der Waals surface area contributed by atoms with Gasteiger partial charge in [-0.3, -0.25) is 4.79 Å². The lowest BCUT2D eigenvalue weighted by Gasteiger charge is -2.31. The predicted octanol–water partition coefficient (Wildman–Crippen LogP) is 4.05. The summed E-state index contributed by atoms with van der Waals surface area (Å²) in [5.74, 6) is -0.744. The van der Waals surface area contributed by atoms with Gasteiger partial charge in [0.05, 0.1) is 4.90 Å². The Bertz CT molecular complexity index is 1060. The number of carbonyl (C=O) groups excluding carboxylic acids is 1. The number of hydrogen-bond acceptors (Lipinski definition) is 3. The van der Waals surface area contributed by atoms with Crippen LogP contribution in [0, 0.1) is 18.7 Å². The first-order valence-electron chi connectivity index (χ1n) is 10.5. The molecule has 1 aliphatic carbocycles. The van der Waals surface area contributed by atoms with E-state index in [0.717, 1.165) is 31.2 Å². The number of halogens is 1. The van der Waals surface area contributed by atoms with E-state index in [1.165, 1.54) is 22.0 Å². The fourth-order valence-corrected chi connectivity index (χ4v) is 5.90. The Morgan fingerprint density at radius 2 is 1.73 bits per heavy atom. The van der Waals surface area contributed by atoms with Crippen molar-refractivity contribution >= 4 is 21.6 Å². The molecule has 2 aromatic carbocycles. The smallest absolute Gasteiger partial charge is 0.243 e. The van der Waals surface area contributed by atoms with Crippen molar-refractivity contribution in [1.82, 2.24) is 4.31 Å². The van der Waals surface area contributed by atoms with E-state index >= 15 is 0 Å². The van der Waals surface area contributed by atoms with Crippen molar-refractivity contribution in [2.24, 2.45) is 5.92 Å². The zero-order valence-electron chi connectivity index (χ0n) is 17.2. The van der Waals surface area contributed by atoms with Crippen molar-refractivity contribution in [3.63, 3.8) is 0 Å². The van der Waals surface area contributed by atoms with Crippen LogP contribution in [0.15, 0.2) is 41.3 Å². The Labute approximate surface area is 177 Å². The van der Waals surface area contributed by atoms with E-state index < -0.39 is 10.0 Å². The number of aryl methyl sites for hydroxylation is 3. The zero-order valence-corrected chi connectivity index (χ0v) is 18.0. The van der Waals surface area contributed by atoms with Crippen LogP contribution >= 0.6 is 0 Å². The highest BCUT2D eigenvalue weighted by atomic mass is 32.2. The number of piperidine rings is 1. The molecule has 0 atom stereocenters. The zero-order chi connectivity index (χ0) is 21.3. The highest BCUT2D eigenvalue weighted by Gasteiger charge is 2.32. The van der Waals surface area contributed by atoms with Crippen molar-refractivity contribution in [3.05, 3.63) is 58.9 Å². The molecule has 2 aliphatic rings. The van der Waals surface area contributed by atoms with Crippen LogP contribution in [0.5, 0.6) is 0 Å². The Balaban J connectivity index is 1.40. The van der Waals surface area contributed by atoms with Crippen LogP contribution in [0.4, 0.5) is 10.1 Å². The molecule has 2 aromatic rings. The number of nitrogens with one attached hydrogen (secondary N) is 1. The van der Waals surface area contributed by atoms with Crippen molar-refractivity contribution < 1.29 is 17.6 Å². The van der Waals surface area contributed by atoms with E-state index in [0.29, 0.717) is 42.1 Å². The number of carbonyl (C=O) groups is 1. The van der Waals surface area contributed by atoms with Gasteiger partial charge in [-0.05, 0) is 92.5 Å². The molecule has 30 heavy (non-hydrogen) atoms. The summed E-state index contributed by atoms with van der Waals surface area (Å²) in [5, 5.41) is 2.85. The summed E-state index contributed by atoms with van der Waals surface area (Å²) >= 11 is 0. The molecule has 4 rings (SSSR count). The predicted molar refractivity (Wildman–Crippen MR) is 114 cm³/mol. The first-order valence-corrected chi connectivity index (χ1v) is 12.0. The maximum Gasteiger partial charge on any atom is 0.243 e. The van der Waals surface area contributed by atoms with Crippen molar-refractivity contribution in [3.8, 4) is 0 Å².